The maximum atomic E-state index is 11.4. The van der Waals surface area contributed by atoms with Crippen LogP contribution in [0.4, 0.5) is 5.13 Å². The second-order valence-electron chi connectivity index (χ2n) is 4.16. The van der Waals surface area contributed by atoms with Gasteiger partial charge >= 0.3 is 5.97 Å². The van der Waals surface area contributed by atoms with Crippen molar-refractivity contribution in [2.24, 2.45) is 11.8 Å². The van der Waals surface area contributed by atoms with E-state index >= 15 is 0 Å². The lowest BCUT2D eigenvalue weighted by Crippen LogP contribution is -2.22. The Balaban J connectivity index is 1.92. The molecular weight excluding hydrogens is 240 g/mol. The topological polar surface area (TPSA) is 90.1 Å². The van der Waals surface area contributed by atoms with Gasteiger partial charge in [-0.3, -0.25) is 10.2 Å². The average molecular weight is 256 g/mol. The fraction of sp³-hybridized carbons (Fsp3) is 0.700. The Bertz CT molecular complexity index is 387. The molecule has 0 aliphatic heterocycles. The van der Waals surface area contributed by atoms with E-state index in [4.69, 9.17) is 10.6 Å². The van der Waals surface area contributed by atoms with Gasteiger partial charge in [-0.2, -0.15) is 0 Å². The van der Waals surface area contributed by atoms with Crippen LogP contribution in [0.15, 0.2) is 0 Å². The number of rotatable bonds is 3. The van der Waals surface area contributed by atoms with Gasteiger partial charge in [-0.05, 0) is 25.7 Å². The maximum absolute atomic E-state index is 11.4. The Labute approximate surface area is 104 Å². The van der Waals surface area contributed by atoms with E-state index in [2.05, 4.69) is 15.6 Å². The van der Waals surface area contributed by atoms with Crippen LogP contribution in [0.25, 0.3) is 0 Å². The normalized spacial score (nSPS) is 24.4. The zero-order chi connectivity index (χ0) is 12.3. The summed E-state index contributed by atoms with van der Waals surface area (Å²) < 4.78 is 4.76. The second kappa shape index (κ2) is 5.42. The third kappa shape index (κ3) is 2.73. The number of hydrogen-bond donors (Lipinski definition) is 2. The van der Waals surface area contributed by atoms with E-state index in [1.165, 1.54) is 18.4 Å². The number of aromatic nitrogens is 2. The SMILES string of the molecule is COC(=O)C1CCC(c2nnc(NN)s2)CC1. The molecule has 1 aliphatic carbocycles. The Morgan fingerprint density at radius 3 is 2.65 bits per heavy atom. The number of carbonyl (C=O) groups excluding carboxylic acids is 1. The summed E-state index contributed by atoms with van der Waals surface area (Å²) in [6.07, 6.45) is 3.64. The van der Waals surface area contributed by atoms with Gasteiger partial charge in [-0.15, -0.1) is 10.2 Å². The summed E-state index contributed by atoms with van der Waals surface area (Å²) in [7, 11) is 1.44. The molecule has 1 aromatic rings. The molecule has 0 aromatic carbocycles. The van der Waals surface area contributed by atoms with E-state index in [0.29, 0.717) is 11.0 Å². The largest absolute Gasteiger partial charge is 0.469 e. The lowest BCUT2D eigenvalue weighted by Gasteiger charge is -2.24. The van der Waals surface area contributed by atoms with Crippen LogP contribution in [0.5, 0.6) is 0 Å². The number of nitrogens with zero attached hydrogens (tertiary/aromatic N) is 2. The van der Waals surface area contributed by atoms with Crippen molar-refractivity contribution in [1.82, 2.24) is 10.2 Å². The Kier molecular flexibility index (Phi) is 3.90. The molecule has 1 aromatic heterocycles. The van der Waals surface area contributed by atoms with E-state index in [1.807, 2.05) is 0 Å². The fourth-order valence-electron chi connectivity index (χ4n) is 2.20. The minimum Gasteiger partial charge on any atom is -0.469 e. The fourth-order valence-corrected chi connectivity index (χ4v) is 3.02. The molecule has 2 rings (SSSR count). The lowest BCUT2D eigenvalue weighted by molar-refractivity contribution is -0.146. The monoisotopic (exact) mass is 256 g/mol. The van der Waals surface area contributed by atoms with Gasteiger partial charge in [-0.25, -0.2) is 5.84 Å². The van der Waals surface area contributed by atoms with Gasteiger partial charge in [-0.1, -0.05) is 11.3 Å². The minimum atomic E-state index is -0.0926. The zero-order valence-corrected chi connectivity index (χ0v) is 10.5. The van der Waals surface area contributed by atoms with Crippen molar-refractivity contribution in [3.63, 3.8) is 0 Å². The number of esters is 1. The number of carbonyl (C=O) groups is 1. The van der Waals surface area contributed by atoms with Gasteiger partial charge in [0.1, 0.15) is 5.01 Å². The van der Waals surface area contributed by atoms with Gasteiger partial charge in [0.15, 0.2) is 0 Å². The van der Waals surface area contributed by atoms with E-state index in [1.54, 1.807) is 0 Å². The zero-order valence-electron chi connectivity index (χ0n) is 9.68. The number of nitrogen functional groups attached to an aromatic ring is 1. The van der Waals surface area contributed by atoms with Crippen molar-refractivity contribution in [3.8, 4) is 0 Å². The first kappa shape index (κ1) is 12.3. The summed E-state index contributed by atoms with van der Waals surface area (Å²) >= 11 is 1.48. The van der Waals surface area contributed by atoms with E-state index in [9.17, 15) is 4.79 Å². The van der Waals surface area contributed by atoms with Crippen LogP contribution in [0.1, 0.15) is 36.6 Å². The molecule has 0 radical (unpaired) electrons. The van der Waals surface area contributed by atoms with Gasteiger partial charge in [0.2, 0.25) is 5.13 Å². The number of methoxy groups -OCH3 is 1. The van der Waals surface area contributed by atoms with Crippen molar-refractivity contribution in [2.75, 3.05) is 12.5 Å². The molecule has 0 atom stereocenters. The first-order valence-electron chi connectivity index (χ1n) is 5.62. The molecule has 0 amide bonds. The van der Waals surface area contributed by atoms with Gasteiger partial charge < -0.3 is 4.74 Å². The molecule has 1 fully saturated rings. The van der Waals surface area contributed by atoms with Crippen LogP contribution in [-0.2, 0) is 9.53 Å². The lowest BCUT2D eigenvalue weighted by atomic mass is 9.82. The number of hydrogen-bond acceptors (Lipinski definition) is 7. The second-order valence-corrected chi connectivity index (χ2v) is 5.17. The highest BCUT2D eigenvalue weighted by Crippen LogP contribution is 2.37. The summed E-state index contributed by atoms with van der Waals surface area (Å²) in [5.74, 6) is 5.63. The smallest absolute Gasteiger partial charge is 0.308 e. The molecular formula is C10H16N4O2S. The van der Waals surface area contributed by atoms with Gasteiger partial charge in [0.25, 0.3) is 0 Å². The molecule has 3 N–H and O–H groups in total. The Hall–Kier alpha value is -1.21. The first-order valence-corrected chi connectivity index (χ1v) is 6.44. The maximum Gasteiger partial charge on any atom is 0.308 e. The number of nitrogens with two attached hydrogens (primary N) is 1. The van der Waals surface area contributed by atoms with Crippen molar-refractivity contribution in [3.05, 3.63) is 5.01 Å². The summed E-state index contributed by atoms with van der Waals surface area (Å²) in [6.45, 7) is 0. The minimum absolute atomic E-state index is 0.0521. The van der Waals surface area contributed by atoms with Crippen LogP contribution in [0, 0.1) is 5.92 Å². The highest BCUT2D eigenvalue weighted by atomic mass is 32.1. The van der Waals surface area contributed by atoms with E-state index in [0.717, 1.165) is 30.7 Å². The molecule has 1 aliphatic rings. The van der Waals surface area contributed by atoms with Crippen molar-refractivity contribution in [1.29, 1.82) is 0 Å². The molecule has 0 spiro atoms. The summed E-state index contributed by atoms with van der Waals surface area (Å²) in [5, 5.41) is 9.67. The third-order valence-electron chi connectivity index (χ3n) is 3.18. The summed E-state index contributed by atoms with van der Waals surface area (Å²) in [6, 6.07) is 0. The summed E-state index contributed by atoms with van der Waals surface area (Å²) in [5.41, 5.74) is 2.49. The molecule has 17 heavy (non-hydrogen) atoms. The van der Waals surface area contributed by atoms with Crippen molar-refractivity contribution in [2.45, 2.75) is 31.6 Å². The van der Waals surface area contributed by atoms with Crippen LogP contribution in [-0.4, -0.2) is 23.3 Å². The quantitative estimate of drug-likeness (QED) is 0.481. The van der Waals surface area contributed by atoms with Crippen molar-refractivity contribution >= 4 is 22.4 Å². The molecule has 0 unspecified atom stereocenters. The van der Waals surface area contributed by atoms with Crippen LogP contribution < -0.4 is 11.3 Å². The standard InChI is InChI=1S/C10H16N4O2S/c1-16-9(15)7-4-2-6(3-5-7)8-13-14-10(12-11)17-8/h6-7H,2-5,11H2,1H3,(H,12,14). The number of hydrazine groups is 1. The molecule has 7 heteroatoms. The van der Waals surface area contributed by atoms with Gasteiger partial charge in [0, 0.05) is 5.92 Å². The highest BCUT2D eigenvalue weighted by molar-refractivity contribution is 7.15. The molecule has 0 bridgehead atoms. The van der Waals surface area contributed by atoms with Crippen LogP contribution in [0.3, 0.4) is 0 Å². The average Bonchev–Trinajstić information content (AvgIpc) is 2.87. The number of nitrogens with one attached hydrogen (secondary N) is 1. The third-order valence-corrected chi connectivity index (χ3v) is 4.19. The molecule has 0 saturated heterocycles. The molecule has 6 nitrogen and oxygen atoms in total. The number of anilines is 1. The van der Waals surface area contributed by atoms with Gasteiger partial charge in [0.05, 0.1) is 13.0 Å². The van der Waals surface area contributed by atoms with E-state index < -0.39 is 0 Å². The number of ether oxygens (including phenoxy) is 1. The molecule has 1 heterocycles. The first-order chi connectivity index (χ1) is 8.24. The Morgan fingerprint density at radius 2 is 2.12 bits per heavy atom. The van der Waals surface area contributed by atoms with Crippen LogP contribution >= 0.6 is 11.3 Å². The summed E-state index contributed by atoms with van der Waals surface area (Å²) in [4.78, 5) is 11.4. The van der Waals surface area contributed by atoms with E-state index in [-0.39, 0.29) is 11.9 Å². The molecule has 1 saturated carbocycles. The predicted octanol–water partition coefficient (Wildman–Crippen LogP) is 1.27. The van der Waals surface area contributed by atoms with Crippen LogP contribution in [0.2, 0.25) is 0 Å². The Morgan fingerprint density at radius 1 is 1.41 bits per heavy atom. The molecule has 94 valence electrons. The highest BCUT2D eigenvalue weighted by Gasteiger charge is 2.29. The van der Waals surface area contributed by atoms with Crippen molar-refractivity contribution < 1.29 is 9.53 Å². The predicted molar refractivity (Wildman–Crippen MR) is 64.4 cm³/mol.